The second-order valence-electron chi connectivity index (χ2n) is 8.88. The van der Waals surface area contributed by atoms with E-state index >= 15 is 0 Å². The number of halogens is 1. The first kappa shape index (κ1) is 26.2. The van der Waals surface area contributed by atoms with Crippen LogP contribution in [0.15, 0.2) is 48.5 Å². The van der Waals surface area contributed by atoms with Gasteiger partial charge in [0.2, 0.25) is 0 Å². The van der Waals surface area contributed by atoms with Crippen molar-refractivity contribution in [2.75, 3.05) is 57.3 Å². The first-order valence-corrected chi connectivity index (χ1v) is 12.2. The Bertz CT molecular complexity index is 1130. The molecule has 1 atom stereocenters. The Labute approximate surface area is 214 Å². The van der Waals surface area contributed by atoms with Gasteiger partial charge in [0.25, 0.3) is 5.91 Å². The predicted octanol–water partition coefficient (Wildman–Crippen LogP) is 2.09. The molecule has 2 saturated heterocycles. The molecule has 0 saturated carbocycles. The lowest BCUT2D eigenvalue weighted by Gasteiger charge is -2.34. The number of ether oxygens (including phenoxy) is 2. The van der Waals surface area contributed by atoms with Crippen molar-refractivity contribution in [1.29, 1.82) is 5.41 Å². The molecule has 10 nitrogen and oxygen atoms in total. The first-order chi connectivity index (χ1) is 17.8. The summed E-state index contributed by atoms with van der Waals surface area (Å²) in [5, 5.41) is 10.7. The van der Waals surface area contributed by atoms with Crippen LogP contribution < -0.4 is 10.2 Å². The number of rotatable bonds is 8. The molecule has 2 aromatic carbocycles. The van der Waals surface area contributed by atoms with Crippen molar-refractivity contribution in [3.8, 4) is 0 Å². The van der Waals surface area contributed by atoms with Crippen molar-refractivity contribution in [3.05, 3.63) is 65.5 Å². The average Bonchev–Trinajstić information content (AvgIpc) is 3.25. The second kappa shape index (κ2) is 11.9. The van der Waals surface area contributed by atoms with Crippen molar-refractivity contribution in [3.63, 3.8) is 0 Å². The van der Waals surface area contributed by atoms with Gasteiger partial charge in [-0.1, -0.05) is 0 Å². The van der Waals surface area contributed by atoms with Gasteiger partial charge in [-0.15, -0.1) is 0 Å². The summed E-state index contributed by atoms with van der Waals surface area (Å²) in [5.41, 5.74) is 1.34. The Kier molecular flexibility index (Phi) is 8.47. The van der Waals surface area contributed by atoms with Crippen LogP contribution in [0.2, 0.25) is 0 Å². The Morgan fingerprint density at radius 3 is 2.30 bits per heavy atom. The number of piperazine rings is 1. The standard InChI is InChI=1S/C26H30FN5O5/c1-2-36-23(33)17-31-13-11-30(12-14-31)15-22-16-32(26(35)37-22)21-9-5-18(6-10-21)24(28)29-25(34)19-3-7-20(27)8-4-19/h3-10,22H,2,11-17H2,1H3,(H2,28,29,34). The second-order valence-corrected chi connectivity index (χ2v) is 8.88. The van der Waals surface area contributed by atoms with E-state index in [1.54, 1.807) is 36.1 Å². The first-order valence-electron chi connectivity index (χ1n) is 12.2. The number of nitrogens with zero attached hydrogens (tertiary/aromatic N) is 3. The summed E-state index contributed by atoms with van der Waals surface area (Å²) in [7, 11) is 0. The van der Waals surface area contributed by atoms with E-state index in [0.717, 1.165) is 26.2 Å². The fourth-order valence-corrected chi connectivity index (χ4v) is 4.30. The fraction of sp³-hybridized carbons (Fsp3) is 0.385. The molecule has 2 fully saturated rings. The van der Waals surface area contributed by atoms with Crippen molar-refractivity contribution in [2.45, 2.75) is 13.0 Å². The van der Waals surface area contributed by atoms with E-state index in [4.69, 9.17) is 14.9 Å². The maximum Gasteiger partial charge on any atom is 0.414 e. The molecular formula is C26H30FN5O5. The van der Waals surface area contributed by atoms with Crippen LogP contribution in [0, 0.1) is 11.2 Å². The third-order valence-corrected chi connectivity index (χ3v) is 6.27. The molecule has 0 radical (unpaired) electrons. The van der Waals surface area contributed by atoms with E-state index in [0.29, 0.717) is 30.9 Å². The molecule has 4 rings (SSSR count). The topological polar surface area (TPSA) is 115 Å². The number of amidine groups is 1. The molecule has 0 aromatic heterocycles. The number of hydrogen-bond donors (Lipinski definition) is 2. The molecule has 0 spiro atoms. The minimum Gasteiger partial charge on any atom is -0.465 e. The summed E-state index contributed by atoms with van der Waals surface area (Å²) in [6, 6.07) is 11.7. The smallest absolute Gasteiger partial charge is 0.414 e. The summed E-state index contributed by atoms with van der Waals surface area (Å²) in [4.78, 5) is 42.3. The molecule has 2 aliphatic rings. The summed E-state index contributed by atoms with van der Waals surface area (Å²) < 4.78 is 23.6. The number of benzene rings is 2. The predicted molar refractivity (Wildman–Crippen MR) is 134 cm³/mol. The maximum atomic E-state index is 13.1. The largest absolute Gasteiger partial charge is 0.465 e. The lowest BCUT2D eigenvalue weighted by atomic mass is 10.1. The summed E-state index contributed by atoms with van der Waals surface area (Å²) in [6.45, 7) is 6.50. The Hall–Kier alpha value is -3.83. The summed E-state index contributed by atoms with van der Waals surface area (Å²) in [6.07, 6.45) is -0.713. The maximum absolute atomic E-state index is 13.1. The number of hydrogen-bond acceptors (Lipinski definition) is 8. The van der Waals surface area contributed by atoms with E-state index in [1.807, 2.05) is 0 Å². The Balaban J connectivity index is 1.26. The van der Waals surface area contributed by atoms with E-state index in [2.05, 4.69) is 15.1 Å². The minimum absolute atomic E-state index is 0.107. The van der Waals surface area contributed by atoms with Gasteiger partial charge in [-0.2, -0.15) is 0 Å². The normalized spacial score (nSPS) is 18.4. The van der Waals surface area contributed by atoms with Gasteiger partial charge in [-0.05, 0) is 55.5 Å². The molecule has 2 N–H and O–H groups in total. The number of carbonyl (C=O) groups excluding carboxylic acids is 3. The van der Waals surface area contributed by atoms with Crippen LogP contribution >= 0.6 is 0 Å². The molecule has 0 aliphatic carbocycles. The average molecular weight is 512 g/mol. The molecule has 37 heavy (non-hydrogen) atoms. The monoisotopic (exact) mass is 511 g/mol. The van der Waals surface area contributed by atoms with Gasteiger partial charge in [-0.3, -0.25) is 29.7 Å². The van der Waals surface area contributed by atoms with Crippen LogP contribution in [-0.4, -0.2) is 92.1 Å². The van der Waals surface area contributed by atoms with Crippen molar-refractivity contribution < 1.29 is 28.2 Å². The molecule has 2 aliphatic heterocycles. The van der Waals surface area contributed by atoms with Crippen molar-refractivity contribution >= 4 is 29.5 Å². The van der Waals surface area contributed by atoms with Gasteiger partial charge in [-0.25, -0.2) is 9.18 Å². The van der Waals surface area contributed by atoms with Crippen LogP contribution in [0.25, 0.3) is 0 Å². The minimum atomic E-state index is -0.512. The number of amides is 2. The molecule has 11 heteroatoms. The fourth-order valence-electron chi connectivity index (χ4n) is 4.30. The number of cyclic esters (lactones) is 1. The van der Waals surface area contributed by atoms with Gasteiger partial charge in [0.1, 0.15) is 17.8 Å². The highest BCUT2D eigenvalue weighted by atomic mass is 19.1. The van der Waals surface area contributed by atoms with E-state index in [1.165, 1.54) is 24.3 Å². The molecule has 2 heterocycles. The van der Waals surface area contributed by atoms with Gasteiger partial charge in [0, 0.05) is 49.5 Å². The van der Waals surface area contributed by atoms with E-state index < -0.39 is 17.8 Å². The van der Waals surface area contributed by atoms with Crippen molar-refractivity contribution in [2.24, 2.45) is 0 Å². The molecule has 2 amide bonds. The highest BCUT2D eigenvalue weighted by molar-refractivity contribution is 6.11. The van der Waals surface area contributed by atoms with Crippen LogP contribution in [0.4, 0.5) is 14.9 Å². The summed E-state index contributed by atoms with van der Waals surface area (Å²) >= 11 is 0. The van der Waals surface area contributed by atoms with Gasteiger partial charge < -0.3 is 14.8 Å². The zero-order valence-electron chi connectivity index (χ0n) is 20.6. The van der Waals surface area contributed by atoms with Gasteiger partial charge >= 0.3 is 12.1 Å². The quantitative estimate of drug-likeness (QED) is 0.317. The highest BCUT2D eigenvalue weighted by Gasteiger charge is 2.34. The summed E-state index contributed by atoms with van der Waals surface area (Å²) in [5.74, 6) is -1.28. The third-order valence-electron chi connectivity index (χ3n) is 6.27. The van der Waals surface area contributed by atoms with Crippen LogP contribution in [0.5, 0.6) is 0 Å². The molecular weight excluding hydrogens is 481 g/mol. The molecule has 1 unspecified atom stereocenters. The Morgan fingerprint density at radius 1 is 1.03 bits per heavy atom. The Morgan fingerprint density at radius 2 is 1.65 bits per heavy atom. The highest BCUT2D eigenvalue weighted by Crippen LogP contribution is 2.23. The zero-order chi connectivity index (χ0) is 26.4. The lowest BCUT2D eigenvalue weighted by Crippen LogP contribution is -2.50. The van der Waals surface area contributed by atoms with E-state index in [9.17, 15) is 18.8 Å². The van der Waals surface area contributed by atoms with Crippen molar-refractivity contribution in [1.82, 2.24) is 15.1 Å². The van der Waals surface area contributed by atoms with Crippen LogP contribution in [-0.2, 0) is 14.3 Å². The van der Waals surface area contributed by atoms with Crippen LogP contribution in [0.3, 0.4) is 0 Å². The van der Waals surface area contributed by atoms with E-state index in [-0.39, 0.29) is 30.0 Å². The number of nitrogens with one attached hydrogen (secondary N) is 2. The number of anilines is 1. The molecule has 0 bridgehead atoms. The number of esters is 1. The van der Waals surface area contributed by atoms with Gasteiger partial charge in [0.15, 0.2) is 0 Å². The third kappa shape index (κ3) is 6.89. The zero-order valence-corrected chi connectivity index (χ0v) is 20.6. The molecule has 196 valence electrons. The van der Waals surface area contributed by atoms with Crippen LogP contribution in [0.1, 0.15) is 22.8 Å². The molecule has 2 aromatic rings. The lowest BCUT2D eigenvalue weighted by molar-refractivity contribution is -0.144. The van der Waals surface area contributed by atoms with Gasteiger partial charge in [0.05, 0.1) is 19.7 Å². The SMILES string of the molecule is CCOC(=O)CN1CCN(CC2CN(c3ccc(C(=N)NC(=O)c4ccc(F)cc4)cc3)C(=O)O2)CC1. The number of carbonyl (C=O) groups is 3.